The lowest BCUT2D eigenvalue weighted by Gasteiger charge is -2.18. The summed E-state index contributed by atoms with van der Waals surface area (Å²) in [6, 6.07) is 16.4. The number of anilines is 2. The molecule has 0 spiro atoms. The normalized spacial score (nSPS) is 10.4. The first-order chi connectivity index (χ1) is 12.5. The molecule has 0 saturated heterocycles. The molecule has 26 heavy (non-hydrogen) atoms. The molecule has 3 rings (SSSR count). The molecular formula is C20H15F2NO3. The average Bonchev–Trinajstić information content (AvgIpc) is 2.63. The van der Waals surface area contributed by atoms with Crippen molar-refractivity contribution in [2.45, 2.75) is 0 Å². The van der Waals surface area contributed by atoms with E-state index in [1.54, 1.807) is 48.5 Å². The van der Waals surface area contributed by atoms with Crippen LogP contribution in [0.25, 0.3) is 11.1 Å². The van der Waals surface area contributed by atoms with Gasteiger partial charge in [-0.25, -0.2) is 13.6 Å². The number of hydrogen-bond acceptors (Lipinski definition) is 3. The molecule has 0 aliphatic heterocycles. The van der Waals surface area contributed by atoms with Crippen LogP contribution in [0.3, 0.4) is 0 Å². The number of carboxylic acids is 1. The van der Waals surface area contributed by atoms with Crippen molar-refractivity contribution in [1.82, 2.24) is 0 Å². The SMILES string of the molecule is COc1c(F)c(-c2ccccc2)c(F)c(C(=O)O)c1Nc1ccccc1. The van der Waals surface area contributed by atoms with Crippen LogP contribution in [0.2, 0.25) is 0 Å². The molecule has 0 radical (unpaired) electrons. The summed E-state index contributed by atoms with van der Waals surface area (Å²) in [4.78, 5) is 11.7. The van der Waals surface area contributed by atoms with Crippen molar-refractivity contribution in [3.8, 4) is 16.9 Å². The van der Waals surface area contributed by atoms with Crippen LogP contribution < -0.4 is 10.1 Å². The summed E-state index contributed by atoms with van der Waals surface area (Å²) in [5.74, 6) is -4.04. The van der Waals surface area contributed by atoms with Gasteiger partial charge in [-0.05, 0) is 17.7 Å². The number of para-hydroxylation sites is 1. The van der Waals surface area contributed by atoms with Gasteiger partial charge in [0.2, 0.25) is 0 Å². The standard InChI is InChI=1S/C20H15F2NO3/c1-26-19-17(22)14(12-8-4-2-5-9-12)16(21)15(20(24)25)18(19)23-13-10-6-3-7-11-13/h2-11,23H,1H3,(H,24,25). The second-order valence-electron chi connectivity index (χ2n) is 5.45. The smallest absolute Gasteiger partial charge is 0.341 e. The van der Waals surface area contributed by atoms with Crippen molar-refractivity contribution in [3.63, 3.8) is 0 Å². The number of nitrogens with one attached hydrogen (secondary N) is 1. The number of hydrogen-bond donors (Lipinski definition) is 2. The first-order valence-corrected chi connectivity index (χ1v) is 7.74. The van der Waals surface area contributed by atoms with Gasteiger partial charge in [0.1, 0.15) is 11.3 Å². The molecule has 0 atom stereocenters. The van der Waals surface area contributed by atoms with E-state index in [1.807, 2.05) is 0 Å². The van der Waals surface area contributed by atoms with Crippen LogP contribution in [0.4, 0.5) is 20.2 Å². The molecule has 0 aliphatic carbocycles. The third-order valence-corrected chi connectivity index (χ3v) is 3.86. The Bertz CT molecular complexity index is 945. The van der Waals surface area contributed by atoms with Gasteiger partial charge in [0.05, 0.1) is 12.7 Å². The number of carbonyl (C=O) groups is 1. The Morgan fingerprint density at radius 2 is 1.54 bits per heavy atom. The van der Waals surface area contributed by atoms with Gasteiger partial charge in [-0.3, -0.25) is 0 Å². The summed E-state index contributed by atoms with van der Waals surface area (Å²) in [6.07, 6.45) is 0. The van der Waals surface area contributed by atoms with Crippen LogP contribution in [0.15, 0.2) is 60.7 Å². The minimum atomic E-state index is -1.53. The van der Waals surface area contributed by atoms with Gasteiger partial charge < -0.3 is 15.2 Å². The number of carboxylic acid groups (broad SMARTS) is 1. The zero-order valence-corrected chi connectivity index (χ0v) is 13.8. The quantitative estimate of drug-likeness (QED) is 0.670. The second kappa shape index (κ2) is 7.23. The second-order valence-corrected chi connectivity index (χ2v) is 5.45. The van der Waals surface area contributed by atoms with Gasteiger partial charge in [0.25, 0.3) is 0 Å². The largest absolute Gasteiger partial charge is 0.492 e. The minimum Gasteiger partial charge on any atom is -0.492 e. The fourth-order valence-corrected chi connectivity index (χ4v) is 2.70. The Morgan fingerprint density at radius 3 is 2.08 bits per heavy atom. The third kappa shape index (κ3) is 3.09. The first kappa shape index (κ1) is 17.4. The highest BCUT2D eigenvalue weighted by molar-refractivity contribution is 5.99. The molecule has 3 aromatic carbocycles. The molecule has 2 N–H and O–H groups in total. The number of halogens is 2. The van der Waals surface area contributed by atoms with E-state index in [4.69, 9.17) is 4.74 Å². The van der Waals surface area contributed by atoms with Crippen LogP contribution >= 0.6 is 0 Å². The van der Waals surface area contributed by atoms with E-state index in [0.29, 0.717) is 5.69 Å². The van der Waals surface area contributed by atoms with Crippen LogP contribution in [0.5, 0.6) is 5.75 Å². The number of methoxy groups -OCH3 is 1. The number of rotatable bonds is 5. The van der Waals surface area contributed by atoms with Crippen molar-refractivity contribution in [1.29, 1.82) is 0 Å². The summed E-state index contributed by atoms with van der Waals surface area (Å²) in [7, 11) is 1.20. The van der Waals surface area contributed by atoms with Crippen LogP contribution in [0.1, 0.15) is 10.4 Å². The summed E-state index contributed by atoms with van der Waals surface area (Å²) in [5, 5.41) is 12.3. The highest BCUT2D eigenvalue weighted by atomic mass is 19.1. The highest BCUT2D eigenvalue weighted by Gasteiger charge is 2.30. The Hall–Kier alpha value is -3.41. The summed E-state index contributed by atoms with van der Waals surface area (Å²) >= 11 is 0. The summed E-state index contributed by atoms with van der Waals surface area (Å²) < 4.78 is 35.2. The van der Waals surface area contributed by atoms with Gasteiger partial charge in [-0.2, -0.15) is 0 Å². The molecule has 4 nitrogen and oxygen atoms in total. The molecule has 6 heteroatoms. The van der Waals surface area contributed by atoms with Crippen LogP contribution in [0, 0.1) is 11.6 Å². The fourth-order valence-electron chi connectivity index (χ4n) is 2.70. The van der Waals surface area contributed by atoms with Gasteiger partial charge in [0, 0.05) is 5.69 Å². The summed E-state index contributed by atoms with van der Waals surface area (Å²) in [6.45, 7) is 0. The number of benzene rings is 3. The van der Waals surface area contributed by atoms with Crippen molar-refractivity contribution in [2.24, 2.45) is 0 Å². The lowest BCUT2D eigenvalue weighted by Crippen LogP contribution is -2.11. The Balaban J connectivity index is 2.29. The van der Waals surface area contributed by atoms with Gasteiger partial charge in [0.15, 0.2) is 17.4 Å². The Labute approximate surface area is 148 Å². The summed E-state index contributed by atoms with van der Waals surface area (Å²) in [5.41, 5.74) is -0.723. The van der Waals surface area contributed by atoms with Gasteiger partial charge >= 0.3 is 5.97 Å². The Morgan fingerprint density at radius 1 is 0.962 bits per heavy atom. The topological polar surface area (TPSA) is 58.6 Å². The maximum absolute atomic E-state index is 15.0. The maximum Gasteiger partial charge on any atom is 0.341 e. The molecule has 132 valence electrons. The third-order valence-electron chi connectivity index (χ3n) is 3.86. The maximum atomic E-state index is 15.0. The van der Waals surface area contributed by atoms with Gasteiger partial charge in [-0.15, -0.1) is 0 Å². The highest BCUT2D eigenvalue weighted by Crippen LogP contribution is 2.42. The van der Waals surface area contributed by atoms with E-state index < -0.39 is 28.7 Å². The van der Waals surface area contributed by atoms with Crippen LogP contribution in [-0.4, -0.2) is 18.2 Å². The van der Waals surface area contributed by atoms with Crippen molar-refractivity contribution in [2.75, 3.05) is 12.4 Å². The van der Waals surface area contributed by atoms with E-state index >= 15 is 8.78 Å². The van der Waals surface area contributed by atoms with E-state index in [2.05, 4.69) is 5.32 Å². The lowest BCUT2D eigenvalue weighted by molar-refractivity contribution is 0.0692. The zero-order chi connectivity index (χ0) is 18.7. The Kier molecular flexibility index (Phi) is 4.84. The molecule has 0 fully saturated rings. The van der Waals surface area contributed by atoms with E-state index in [1.165, 1.54) is 19.2 Å². The molecule has 0 aliphatic rings. The molecule has 0 saturated carbocycles. The van der Waals surface area contributed by atoms with Gasteiger partial charge in [-0.1, -0.05) is 48.5 Å². The predicted molar refractivity (Wildman–Crippen MR) is 95.0 cm³/mol. The molecule has 0 heterocycles. The van der Waals surface area contributed by atoms with Crippen molar-refractivity contribution in [3.05, 3.63) is 77.9 Å². The molecule has 0 aromatic heterocycles. The van der Waals surface area contributed by atoms with Crippen molar-refractivity contribution >= 4 is 17.3 Å². The molecular weight excluding hydrogens is 340 g/mol. The van der Waals surface area contributed by atoms with E-state index in [9.17, 15) is 9.90 Å². The fraction of sp³-hybridized carbons (Fsp3) is 0.0500. The number of aromatic carboxylic acids is 1. The molecule has 0 unspecified atom stereocenters. The van der Waals surface area contributed by atoms with E-state index in [-0.39, 0.29) is 17.0 Å². The van der Waals surface area contributed by atoms with Crippen LogP contribution in [-0.2, 0) is 0 Å². The first-order valence-electron chi connectivity index (χ1n) is 7.74. The van der Waals surface area contributed by atoms with E-state index in [0.717, 1.165) is 0 Å². The average molecular weight is 355 g/mol. The minimum absolute atomic E-state index is 0.217. The number of ether oxygens (including phenoxy) is 1. The molecule has 0 bridgehead atoms. The predicted octanol–water partition coefficient (Wildman–Crippen LogP) is 5.08. The molecule has 0 amide bonds. The zero-order valence-electron chi connectivity index (χ0n) is 13.8. The lowest BCUT2D eigenvalue weighted by atomic mass is 9.98. The monoisotopic (exact) mass is 355 g/mol. The molecule has 3 aromatic rings. The van der Waals surface area contributed by atoms with Crippen molar-refractivity contribution < 1.29 is 23.4 Å².